The van der Waals surface area contributed by atoms with Crippen LogP contribution in [0.25, 0.3) is 0 Å². The van der Waals surface area contributed by atoms with Crippen LogP contribution in [0.1, 0.15) is 44.1 Å². The van der Waals surface area contributed by atoms with E-state index in [-0.39, 0.29) is 36.5 Å². The third-order valence-corrected chi connectivity index (χ3v) is 5.58. The lowest BCUT2D eigenvalue weighted by atomic mass is 9.93. The molecule has 1 aromatic heterocycles. The number of halogens is 3. The maximum absolute atomic E-state index is 12.6. The third-order valence-electron chi connectivity index (χ3n) is 5.58. The van der Waals surface area contributed by atoms with Crippen LogP contribution in [0.5, 0.6) is 5.88 Å². The van der Waals surface area contributed by atoms with Crippen molar-refractivity contribution in [2.75, 3.05) is 6.54 Å². The van der Waals surface area contributed by atoms with E-state index in [0.717, 1.165) is 25.1 Å². The summed E-state index contributed by atoms with van der Waals surface area (Å²) in [6.45, 7) is 0.118. The smallest absolute Gasteiger partial charge is 0.417 e. The second kappa shape index (κ2) is 9.36. The van der Waals surface area contributed by atoms with E-state index in [0.29, 0.717) is 25.7 Å². The van der Waals surface area contributed by atoms with Crippen LogP contribution in [0, 0.1) is 23.7 Å². The molecule has 0 unspecified atom stereocenters. The largest absolute Gasteiger partial charge is 0.474 e. The van der Waals surface area contributed by atoms with Gasteiger partial charge < -0.3 is 15.0 Å². The van der Waals surface area contributed by atoms with Gasteiger partial charge >= 0.3 is 6.18 Å². The molecule has 0 radical (unpaired) electrons. The van der Waals surface area contributed by atoms with Crippen molar-refractivity contribution in [1.29, 1.82) is 5.26 Å². The molecule has 1 aliphatic heterocycles. The number of hydrogen-bond acceptors (Lipinski definition) is 5. The van der Waals surface area contributed by atoms with Crippen LogP contribution in [0.15, 0.2) is 18.3 Å². The van der Waals surface area contributed by atoms with E-state index in [9.17, 15) is 23.2 Å². The molecule has 6 nitrogen and oxygen atoms in total. The zero-order valence-electron chi connectivity index (χ0n) is 16.4. The van der Waals surface area contributed by atoms with Crippen LogP contribution in [0.2, 0.25) is 0 Å². The summed E-state index contributed by atoms with van der Waals surface area (Å²) >= 11 is 0. The number of carbonyl (C=O) groups is 1. The van der Waals surface area contributed by atoms with Gasteiger partial charge in [-0.15, -0.1) is 6.42 Å². The SMILES string of the molecule is C#C[C@@H]1CC[C@@H](C#N)N1C(=O)CNC1CCC(Oc2ccc(C(F)(F)F)cn2)CC1. The van der Waals surface area contributed by atoms with Crippen LogP contribution < -0.4 is 10.1 Å². The summed E-state index contributed by atoms with van der Waals surface area (Å²) in [6, 6.07) is 3.65. The number of nitrogens with zero attached hydrogens (tertiary/aromatic N) is 3. The summed E-state index contributed by atoms with van der Waals surface area (Å²) in [7, 11) is 0. The number of alkyl halides is 3. The van der Waals surface area contributed by atoms with Crippen molar-refractivity contribution in [3.63, 3.8) is 0 Å². The molecular weight excluding hydrogens is 397 g/mol. The second-order valence-electron chi connectivity index (χ2n) is 7.56. The first-order valence-electron chi connectivity index (χ1n) is 9.92. The number of pyridine rings is 1. The van der Waals surface area contributed by atoms with Crippen molar-refractivity contribution < 1.29 is 22.7 Å². The molecular formula is C21H23F3N4O2. The summed E-state index contributed by atoms with van der Waals surface area (Å²) in [5, 5.41) is 12.4. The van der Waals surface area contributed by atoms with Gasteiger partial charge in [0, 0.05) is 18.3 Å². The lowest BCUT2D eigenvalue weighted by Gasteiger charge is -2.30. The molecule has 2 heterocycles. The first-order chi connectivity index (χ1) is 14.3. The molecule has 160 valence electrons. The Kier molecular flexibility index (Phi) is 6.84. The molecule has 1 amide bonds. The number of carbonyl (C=O) groups excluding carboxylic acids is 1. The molecule has 1 aromatic rings. The molecule has 1 saturated heterocycles. The van der Waals surface area contributed by atoms with Crippen molar-refractivity contribution in [2.45, 2.75) is 68.9 Å². The Morgan fingerprint density at radius 2 is 1.93 bits per heavy atom. The maximum atomic E-state index is 12.6. The summed E-state index contributed by atoms with van der Waals surface area (Å²) in [4.78, 5) is 17.8. The van der Waals surface area contributed by atoms with Crippen molar-refractivity contribution in [3.05, 3.63) is 23.9 Å². The summed E-state index contributed by atoms with van der Waals surface area (Å²) < 4.78 is 43.5. The van der Waals surface area contributed by atoms with Gasteiger partial charge in [-0.1, -0.05) is 5.92 Å². The minimum Gasteiger partial charge on any atom is -0.474 e. The number of aromatic nitrogens is 1. The summed E-state index contributed by atoms with van der Waals surface area (Å²) in [5.41, 5.74) is -0.809. The van der Waals surface area contributed by atoms with Crippen molar-refractivity contribution >= 4 is 5.91 Å². The normalized spacial score (nSPS) is 26.6. The molecule has 30 heavy (non-hydrogen) atoms. The highest BCUT2D eigenvalue weighted by atomic mass is 19.4. The van der Waals surface area contributed by atoms with Crippen molar-refractivity contribution in [1.82, 2.24) is 15.2 Å². The number of nitriles is 1. The number of amides is 1. The van der Waals surface area contributed by atoms with Gasteiger partial charge in [0.05, 0.1) is 24.2 Å². The van der Waals surface area contributed by atoms with E-state index in [1.165, 1.54) is 11.0 Å². The van der Waals surface area contributed by atoms with Crippen LogP contribution in [-0.2, 0) is 11.0 Å². The summed E-state index contributed by atoms with van der Waals surface area (Å²) in [6.07, 6.45) is 5.86. The molecule has 2 fully saturated rings. The molecule has 0 spiro atoms. The average Bonchev–Trinajstić information content (AvgIpc) is 3.16. The standard InChI is InChI=1S/C21H23F3N4O2/c1-2-16-6-7-17(11-25)28(16)20(29)13-26-15-4-8-18(9-5-15)30-19-10-3-14(12-27-19)21(22,23)24/h1,3,10,12,15-18,26H,4-9,13H2/t15?,16-,17+,18?/m1/s1. The molecule has 3 rings (SSSR count). The van der Waals surface area contributed by atoms with E-state index in [2.05, 4.69) is 22.3 Å². The molecule has 0 bridgehead atoms. The Hall–Kier alpha value is -2.78. The van der Waals surface area contributed by atoms with E-state index in [4.69, 9.17) is 11.2 Å². The summed E-state index contributed by atoms with van der Waals surface area (Å²) in [5.74, 6) is 2.58. The van der Waals surface area contributed by atoms with Gasteiger partial charge in [-0.2, -0.15) is 18.4 Å². The number of ether oxygens (including phenoxy) is 1. The zero-order chi connectivity index (χ0) is 21.7. The maximum Gasteiger partial charge on any atom is 0.417 e. The quantitative estimate of drug-likeness (QED) is 0.742. The zero-order valence-corrected chi connectivity index (χ0v) is 16.4. The van der Waals surface area contributed by atoms with Crippen molar-refractivity contribution in [3.8, 4) is 24.3 Å². The minimum absolute atomic E-state index is 0.118. The van der Waals surface area contributed by atoms with Gasteiger partial charge in [0.1, 0.15) is 12.1 Å². The monoisotopic (exact) mass is 420 g/mol. The first kappa shape index (κ1) is 21.9. The third kappa shape index (κ3) is 5.22. The number of likely N-dealkylation sites (tertiary alicyclic amines) is 1. The lowest BCUT2D eigenvalue weighted by Crippen LogP contribution is -2.47. The molecule has 0 aromatic carbocycles. The highest BCUT2D eigenvalue weighted by molar-refractivity contribution is 5.80. The topological polar surface area (TPSA) is 78.2 Å². The predicted molar refractivity (Wildman–Crippen MR) is 102 cm³/mol. The second-order valence-corrected chi connectivity index (χ2v) is 7.56. The van der Waals surface area contributed by atoms with Crippen molar-refractivity contribution in [2.24, 2.45) is 0 Å². The highest BCUT2D eigenvalue weighted by Crippen LogP contribution is 2.30. The van der Waals surface area contributed by atoms with Crippen LogP contribution >= 0.6 is 0 Å². The van der Waals surface area contributed by atoms with Gasteiger partial charge in [-0.3, -0.25) is 4.79 Å². The molecule has 2 aliphatic rings. The lowest BCUT2D eigenvalue weighted by molar-refractivity contribution is -0.138. The van der Waals surface area contributed by atoms with E-state index < -0.39 is 17.8 Å². The molecule has 1 aliphatic carbocycles. The molecule has 2 atom stereocenters. The Labute approximate surface area is 173 Å². The number of rotatable bonds is 5. The number of terminal acetylenes is 1. The Morgan fingerprint density at radius 3 is 2.50 bits per heavy atom. The van der Waals surface area contributed by atoms with Gasteiger partial charge in [-0.05, 0) is 44.6 Å². The minimum atomic E-state index is -4.42. The number of nitrogens with one attached hydrogen (secondary N) is 1. The van der Waals surface area contributed by atoms with Gasteiger partial charge in [0.15, 0.2) is 0 Å². The Bertz CT molecular complexity index is 799. The van der Waals surface area contributed by atoms with Crippen LogP contribution in [0.3, 0.4) is 0 Å². The molecule has 1 saturated carbocycles. The molecule has 9 heteroatoms. The fourth-order valence-corrected chi connectivity index (χ4v) is 3.95. The average molecular weight is 420 g/mol. The van der Waals surface area contributed by atoms with Gasteiger partial charge in [-0.25, -0.2) is 4.98 Å². The van der Waals surface area contributed by atoms with E-state index in [1.54, 1.807) is 0 Å². The first-order valence-corrected chi connectivity index (χ1v) is 9.92. The van der Waals surface area contributed by atoms with E-state index in [1.807, 2.05) is 0 Å². The fourth-order valence-electron chi connectivity index (χ4n) is 3.95. The van der Waals surface area contributed by atoms with E-state index >= 15 is 0 Å². The predicted octanol–water partition coefficient (Wildman–Crippen LogP) is 2.90. The van der Waals surface area contributed by atoms with Gasteiger partial charge in [0.2, 0.25) is 11.8 Å². The fraction of sp³-hybridized carbons (Fsp3) is 0.571. The molecule has 1 N–H and O–H groups in total. The number of hydrogen-bond donors (Lipinski definition) is 1. The highest BCUT2D eigenvalue weighted by Gasteiger charge is 2.36. The van der Waals surface area contributed by atoms with Gasteiger partial charge in [0.25, 0.3) is 0 Å². The Morgan fingerprint density at radius 1 is 1.23 bits per heavy atom. The Balaban J connectivity index is 1.43. The van der Waals surface area contributed by atoms with Crippen LogP contribution in [0.4, 0.5) is 13.2 Å². The van der Waals surface area contributed by atoms with Crippen LogP contribution in [-0.4, -0.2) is 46.6 Å².